The smallest absolute Gasteiger partial charge is 0.243 e. The van der Waals surface area contributed by atoms with Crippen molar-refractivity contribution in [1.82, 2.24) is 19.3 Å². The second kappa shape index (κ2) is 11.0. The molecule has 4 aromatic rings. The van der Waals surface area contributed by atoms with E-state index < -0.39 is 10.0 Å². The standard InChI is InChI=1S/C27H27FN6O2S/c28-22-5-7-23(8-6-22)31-26-13-15-30-27(33-26)32-24-9-11-25(12-10-24)37(35,36)34-16-2-4-21(19-34)17-20-3-1-14-29-18-20/h1,3,5-15,18,21H,2,4,16-17,19H2,(H2,30,31,32,33). The third kappa shape index (κ3) is 6.28. The highest BCUT2D eigenvalue weighted by atomic mass is 32.2. The van der Waals surface area contributed by atoms with Crippen LogP contribution in [0.2, 0.25) is 0 Å². The van der Waals surface area contributed by atoms with Crippen LogP contribution in [0.15, 0.2) is 90.2 Å². The number of halogens is 1. The zero-order chi connectivity index (χ0) is 25.7. The molecule has 0 bridgehead atoms. The Labute approximate surface area is 215 Å². The van der Waals surface area contributed by atoms with Crippen molar-refractivity contribution < 1.29 is 12.8 Å². The Hall–Kier alpha value is -3.89. The summed E-state index contributed by atoms with van der Waals surface area (Å²) in [4.78, 5) is 13.1. The number of nitrogens with zero attached hydrogens (tertiary/aromatic N) is 4. The lowest BCUT2D eigenvalue weighted by atomic mass is 9.93. The van der Waals surface area contributed by atoms with Crippen molar-refractivity contribution in [3.63, 3.8) is 0 Å². The summed E-state index contributed by atoms with van der Waals surface area (Å²) < 4.78 is 41.4. The van der Waals surface area contributed by atoms with E-state index in [1.165, 1.54) is 12.1 Å². The first kappa shape index (κ1) is 24.8. The highest BCUT2D eigenvalue weighted by Crippen LogP contribution is 2.27. The van der Waals surface area contributed by atoms with Crippen molar-refractivity contribution >= 4 is 33.2 Å². The molecule has 0 saturated carbocycles. The van der Waals surface area contributed by atoms with Gasteiger partial charge in [0.05, 0.1) is 4.90 Å². The van der Waals surface area contributed by atoms with Gasteiger partial charge in [0, 0.05) is 43.1 Å². The molecule has 1 aliphatic rings. The molecule has 3 heterocycles. The molecule has 190 valence electrons. The molecular weight excluding hydrogens is 491 g/mol. The van der Waals surface area contributed by atoms with Gasteiger partial charge in [0.25, 0.3) is 0 Å². The van der Waals surface area contributed by atoms with Crippen molar-refractivity contribution in [2.75, 3.05) is 23.7 Å². The molecule has 2 aromatic carbocycles. The van der Waals surface area contributed by atoms with Gasteiger partial charge >= 0.3 is 0 Å². The van der Waals surface area contributed by atoms with E-state index in [2.05, 4.69) is 25.6 Å². The largest absolute Gasteiger partial charge is 0.340 e. The second-order valence-electron chi connectivity index (χ2n) is 8.98. The Morgan fingerprint density at radius 1 is 0.946 bits per heavy atom. The van der Waals surface area contributed by atoms with Crippen LogP contribution >= 0.6 is 0 Å². The molecule has 0 radical (unpaired) electrons. The number of aromatic nitrogens is 3. The van der Waals surface area contributed by atoms with E-state index in [0.29, 0.717) is 36.2 Å². The Morgan fingerprint density at radius 2 is 1.70 bits per heavy atom. The first-order chi connectivity index (χ1) is 18.0. The van der Waals surface area contributed by atoms with Crippen LogP contribution in [0, 0.1) is 11.7 Å². The van der Waals surface area contributed by atoms with Crippen LogP contribution in [0.25, 0.3) is 0 Å². The summed E-state index contributed by atoms with van der Waals surface area (Å²) in [5.41, 5.74) is 2.48. The fourth-order valence-corrected chi connectivity index (χ4v) is 5.98. The molecule has 2 aromatic heterocycles. The van der Waals surface area contributed by atoms with Gasteiger partial charge < -0.3 is 10.6 Å². The number of benzene rings is 2. The SMILES string of the molecule is O=S(=O)(c1ccc(Nc2nccc(Nc3ccc(F)cc3)n2)cc1)N1CCCC(Cc2cccnc2)C1. The molecule has 5 rings (SSSR count). The van der Waals surface area contributed by atoms with Crippen molar-refractivity contribution in [2.45, 2.75) is 24.2 Å². The summed E-state index contributed by atoms with van der Waals surface area (Å²) >= 11 is 0. The number of piperidine rings is 1. The predicted octanol–water partition coefficient (Wildman–Crippen LogP) is 5.14. The molecule has 8 nitrogen and oxygen atoms in total. The molecule has 0 amide bonds. The molecule has 0 spiro atoms. The number of pyridine rings is 1. The Kier molecular flexibility index (Phi) is 7.38. The summed E-state index contributed by atoms with van der Waals surface area (Å²) in [7, 11) is -3.60. The fourth-order valence-electron chi connectivity index (χ4n) is 4.42. The number of hydrogen-bond donors (Lipinski definition) is 2. The van der Waals surface area contributed by atoms with E-state index in [1.54, 1.807) is 59.2 Å². The van der Waals surface area contributed by atoms with Crippen LogP contribution in [-0.2, 0) is 16.4 Å². The van der Waals surface area contributed by atoms with Gasteiger partial charge in [-0.15, -0.1) is 0 Å². The van der Waals surface area contributed by atoms with E-state index in [-0.39, 0.29) is 16.6 Å². The predicted molar refractivity (Wildman–Crippen MR) is 141 cm³/mol. The van der Waals surface area contributed by atoms with Crippen LogP contribution in [0.3, 0.4) is 0 Å². The number of hydrogen-bond acceptors (Lipinski definition) is 7. The molecule has 37 heavy (non-hydrogen) atoms. The summed E-state index contributed by atoms with van der Waals surface area (Å²) in [6.07, 6.45) is 7.84. The second-order valence-corrected chi connectivity index (χ2v) is 10.9. The molecule has 0 aliphatic carbocycles. The van der Waals surface area contributed by atoms with E-state index >= 15 is 0 Å². The summed E-state index contributed by atoms with van der Waals surface area (Å²) in [6.45, 7) is 1.02. The lowest BCUT2D eigenvalue weighted by Gasteiger charge is -2.32. The third-order valence-electron chi connectivity index (χ3n) is 6.25. The molecular formula is C27H27FN6O2S. The van der Waals surface area contributed by atoms with Gasteiger partial charge in [-0.2, -0.15) is 9.29 Å². The highest BCUT2D eigenvalue weighted by molar-refractivity contribution is 7.89. The van der Waals surface area contributed by atoms with Crippen molar-refractivity contribution in [3.8, 4) is 0 Å². The van der Waals surface area contributed by atoms with Crippen molar-refractivity contribution in [1.29, 1.82) is 0 Å². The van der Waals surface area contributed by atoms with Crippen LogP contribution in [-0.4, -0.2) is 40.8 Å². The quantitative estimate of drug-likeness (QED) is 0.333. The number of nitrogens with one attached hydrogen (secondary N) is 2. The van der Waals surface area contributed by atoms with Gasteiger partial charge in [0.1, 0.15) is 11.6 Å². The van der Waals surface area contributed by atoms with E-state index in [4.69, 9.17) is 0 Å². The van der Waals surface area contributed by atoms with Crippen LogP contribution in [0.5, 0.6) is 0 Å². The molecule has 1 fully saturated rings. The van der Waals surface area contributed by atoms with Gasteiger partial charge in [0.2, 0.25) is 16.0 Å². The average Bonchev–Trinajstić information content (AvgIpc) is 2.91. The summed E-state index contributed by atoms with van der Waals surface area (Å²) in [5, 5.41) is 6.19. The fraction of sp³-hybridized carbons (Fsp3) is 0.222. The minimum atomic E-state index is -3.60. The summed E-state index contributed by atoms with van der Waals surface area (Å²) in [5.74, 6) is 0.832. The summed E-state index contributed by atoms with van der Waals surface area (Å²) in [6, 6.07) is 18.2. The zero-order valence-electron chi connectivity index (χ0n) is 20.1. The van der Waals surface area contributed by atoms with E-state index in [0.717, 1.165) is 24.8 Å². The third-order valence-corrected chi connectivity index (χ3v) is 8.13. The first-order valence-corrected chi connectivity index (χ1v) is 13.5. The number of sulfonamides is 1. The maximum atomic E-state index is 13.3. The average molecular weight is 519 g/mol. The maximum Gasteiger partial charge on any atom is 0.243 e. The van der Waals surface area contributed by atoms with E-state index in [1.807, 2.05) is 18.3 Å². The van der Waals surface area contributed by atoms with Gasteiger partial charge in [-0.25, -0.2) is 17.8 Å². The Bertz CT molecular complexity index is 1430. The van der Waals surface area contributed by atoms with Crippen LogP contribution < -0.4 is 10.6 Å². The van der Waals surface area contributed by atoms with Gasteiger partial charge in [-0.1, -0.05) is 6.07 Å². The number of anilines is 4. The molecule has 2 N–H and O–H groups in total. The highest BCUT2D eigenvalue weighted by Gasteiger charge is 2.30. The van der Waals surface area contributed by atoms with Crippen LogP contribution in [0.1, 0.15) is 18.4 Å². The lowest BCUT2D eigenvalue weighted by Crippen LogP contribution is -2.40. The van der Waals surface area contributed by atoms with Crippen LogP contribution in [0.4, 0.5) is 27.5 Å². The van der Waals surface area contributed by atoms with E-state index in [9.17, 15) is 12.8 Å². The molecule has 1 saturated heterocycles. The van der Waals surface area contributed by atoms with Gasteiger partial charge in [-0.3, -0.25) is 4.98 Å². The minimum Gasteiger partial charge on any atom is -0.340 e. The lowest BCUT2D eigenvalue weighted by molar-refractivity contribution is 0.265. The Balaban J connectivity index is 1.23. The van der Waals surface area contributed by atoms with Gasteiger partial charge in [0.15, 0.2) is 0 Å². The normalized spacial score (nSPS) is 16.3. The minimum absolute atomic E-state index is 0.257. The molecule has 1 unspecified atom stereocenters. The monoisotopic (exact) mass is 518 g/mol. The topological polar surface area (TPSA) is 100 Å². The Morgan fingerprint density at radius 3 is 2.46 bits per heavy atom. The molecule has 1 atom stereocenters. The zero-order valence-corrected chi connectivity index (χ0v) is 20.9. The maximum absolute atomic E-state index is 13.3. The molecule has 10 heteroatoms. The first-order valence-electron chi connectivity index (χ1n) is 12.1. The van der Waals surface area contributed by atoms with Gasteiger partial charge in [-0.05, 0) is 91.4 Å². The van der Waals surface area contributed by atoms with Crippen molar-refractivity contribution in [2.24, 2.45) is 5.92 Å². The van der Waals surface area contributed by atoms with Crippen molar-refractivity contribution in [3.05, 3.63) is 96.7 Å². The number of rotatable bonds is 8. The molecule has 1 aliphatic heterocycles.